The Balaban J connectivity index is 2.09. The lowest BCUT2D eigenvalue weighted by Gasteiger charge is -2.04. The van der Waals surface area contributed by atoms with Crippen molar-refractivity contribution in [3.05, 3.63) is 52.5 Å². The first kappa shape index (κ1) is 11.9. The van der Waals surface area contributed by atoms with Crippen LogP contribution in [0.3, 0.4) is 0 Å². The fourth-order valence-electron chi connectivity index (χ4n) is 1.68. The van der Waals surface area contributed by atoms with E-state index in [0.29, 0.717) is 16.4 Å². The molecule has 0 fully saturated rings. The van der Waals surface area contributed by atoms with Crippen LogP contribution in [0.2, 0.25) is 0 Å². The maximum atomic E-state index is 12.8. The average Bonchev–Trinajstić information content (AvgIpc) is 2.85. The van der Waals surface area contributed by atoms with Crippen LogP contribution >= 0.6 is 11.8 Å². The molecular weight excluding hydrogens is 267 g/mol. The van der Waals surface area contributed by atoms with E-state index in [-0.39, 0.29) is 11.4 Å². The summed E-state index contributed by atoms with van der Waals surface area (Å²) in [6.07, 6.45) is 1.41. The molecule has 19 heavy (non-hydrogen) atoms. The second kappa shape index (κ2) is 4.51. The van der Waals surface area contributed by atoms with Crippen molar-refractivity contribution in [3.63, 3.8) is 0 Å². The summed E-state index contributed by atoms with van der Waals surface area (Å²) in [7, 11) is 0. The van der Waals surface area contributed by atoms with E-state index in [2.05, 4.69) is 15.1 Å². The Labute approximate surface area is 111 Å². The van der Waals surface area contributed by atoms with Crippen LogP contribution in [0.4, 0.5) is 4.39 Å². The molecule has 3 rings (SSSR count). The van der Waals surface area contributed by atoms with Crippen LogP contribution in [0.5, 0.6) is 0 Å². The van der Waals surface area contributed by atoms with Gasteiger partial charge in [-0.25, -0.2) is 14.4 Å². The molecule has 0 spiro atoms. The van der Waals surface area contributed by atoms with Crippen LogP contribution in [-0.2, 0) is 0 Å². The van der Waals surface area contributed by atoms with Gasteiger partial charge in [0.15, 0.2) is 0 Å². The van der Waals surface area contributed by atoms with Gasteiger partial charge in [0.1, 0.15) is 17.0 Å². The Morgan fingerprint density at radius 2 is 2.05 bits per heavy atom. The molecule has 0 saturated heterocycles. The molecule has 5 nitrogen and oxygen atoms in total. The number of aryl methyl sites for hydroxylation is 1. The van der Waals surface area contributed by atoms with Gasteiger partial charge in [-0.2, -0.15) is 4.52 Å². The molecule has 96 valence electrons. The van der Waals surface area contributed by atoms with E-state index in [4.69, 9.17) is 0 Å². The Morgan fingerprint density at radius 3 is 2.79 bits per heavy atom. The number of hydrogen-bond acceptors (Lipinski definition) is 4. The minimum atomic E-state index is -0.306. The third kappa shape index (κ3) is 2.12. The molecule has 0 bridgehead atoms. The van der Waals surface area contributed by atoms with Gasteiger partial charge >= 0.3 is 0 Å². The van der Waals surface area contributed by atoms with Crippen molar-refractivity contribution in [1.82, 2.24) is 19.6 Å². The maximum Gasteiger partial charge on any atom is 0.288 e. The molecule has 0 aliphatic rings. The summed E-state index contributed by atoms with van der Waals surface area (Å²) in [6.45, 7) is 1.75. The van der Waals surface area contributed by atoms with E-state index in [1.54, 1.807) is 19.1 Å². The molecule has 7 heteroatoms. The highest BCUT2D eigenvalue weighted by atomic mass is 32.2. The molecule has 0 radical (unpaired) electrons. The summed E-state index contributed by atoms with van der Waals surface area (Å²) in [5, 5.41) is 2.71. The van der Waals surface area contributed by atoms with Gasteiger partial charge in [0.25, 0.3) is 11.3 Å². The summed E-state index contributed by atoms with van der Waals surface area (Å²) >= 11 is 1.26. The molecule has 1 N–H and O–H groups in total. The van der Waals surface area contributed by atoms with Crippen LogP contribution < -0.4 is 5.56 Å². The van der Waals surface area contributed by atoms with Crippen LogP contribution in [0.1, 0.15) is 5.69 Å². The standard InChI is InChI=1S/C12H9FN4OS/c1-7-10(19-9-4-2-8(13)3-5-9)11(18)17-12(16-7)14-6-15-17/h2-6H,1H3,(H,14,15,16). The number of halogens is 1. The van der Waals surface area contributed by atoms with Crippen LogP contribution in [-0.4, -0.2) is 19.6 Å². The zero-order valence-electron chi connectivity index (χ0n) is 9.92. The smallest absolute Gasteiger partial charge is 0.278 e. The number of aromatic amines is 1. The monoisotopic (exact) mass is 276 g/mol. The van der Waals surface area contributed by atoms with Crippen molar-refractivity contribution in [2.45, 2.75) is 16.7 Å². The number of H-pyrrole nitrogens is 1. The molecule has 0 atom stereocenters. The predicted octanol–water partition coefficient (Wildman–Crippen LogP) is 2.02. The molecular formula is C12H9FN4OS. The Morgan fingerprint density at radius 1 is 1.32 bits per heavy atom. The van der Waals surface area contributed by atoms with Gasteiger partial charge in [-0.3, -0.25) is 9.89 Å². The number of nitrogens with zero attached hydrogens (tertiary/aromatic N) is 3. The summed E-state index contributed by atoms with van der Waals surface area (Å²) < 4.78 is 14.1. The summed E-state index contributed by atoms with van der Waals surface area (Å²) in [4.78, 5) is 21.7. The minimum Gasteiger partial charge on any atom is -0.278 e. The van der Waals surface area contributed by atoms with Gasteiger partial charge in [0.2, 0.25) is 0 Å². The van der Waals surface area contributed by atoms with Gasteiger partial charge < -0.3 is 0 Å². The van der Waals surface area contributed by atoms with Crippen molar-refractivity contribution in [2.24, 2.45) is 0 Å². The van der Waals surface area contributed by atoms with Gasteiger partial charge in [0, 0.05) is 4.90 Å². The highest BCUT2D eigenvalue weighted by Gasteiger charge is 2.12. The highest BCUT2D eigenvalue weighted by Crippen LogP contribution is 2.26. The number of hydrogen-bond donors (Lipinski definition) is 1. The Kier molecular flexibility index (Phi) is 2.83. The van der Waals surface area contributed by atoms with E-state index in [1.165, 1.54) is 34.7 Å². The second-order valence-electron chi connectivity index (χ2n) is 3.91. The summed E-state index contributed by atoms with van der Waals surface area (Å²) in [5.41, 5.74) is 0.390. The van der Waals surface area contributed by atoms with Crippen molar-refractivity contribution >= 4 is 17.5 Å². The SMILES string of the molecule is Cc1nc2nc[nH]n2c(=O)c1Sc1ccc(F)cc1. The van der Waals surface area contributed by atoms with Gasteiger partial charge in [-0.15, -0.1) is 0 Å². The van der Waals surface area contributed by atoms with E-state index < -0.39 is 0 Å². The second-order valence-corrected chi connectivity index (χ2v) is 4.99. The normalized spacial score (nSPS) is 11.1. The molecule has 0 unspecified atom stereocenters. The fourth-order valence-corrected chi connectivity index (χ4v) is 2.56. The maximum absolute atomic E-state index is 12.8. The molecule has 0 aliphatic heterocycles. The Hall–Kier alpha value is -2.15. The number of rotatable bonds is 2. The lowest BCUT2D eigenvalue weighted by atomic mass is 10.3. The molecule has 2 aromatic heterocycles. The molecule has 0 amide bonds. The molecule has 0 aliphatic carbocycles. The summed E-state index contributed by atoms with van der Waals surface area (Å²) in [5.74, 6) is 0.0332. The largest absolute Gasteiger partial charge is 0.288 e. The predicted molar refractivity (Wildman–Crippen MR) is 68.9 cm³/mol. The van der Waals surface area contributed by atoms with Crippen LogP contribution in [0.15, 0.2) is 45.2 Å². The number of nitrogens with one attached hydrogen (secondary N) is 1. The third-order valence-electron chi connectivity index (χ3n) is 2.59. The molecule has 0 saturated carbocycles. The van der Waals surface area contributed by atoms with Crippen molar-refractivity contribution in [3.8, 4) is 0 Å². The first-order valence-corrected chi connectivity index (χ1v) is 6.33. The Bertz CT molecular complexity index is 794. The summed E-state index contributed by atoms with van der Waals surface area (Å²) in [6, 6.07) is 5.97. The zero-order valence-corrected chi connectivity index (χ0v) is 10.7. The van der Waals surface area contributed by atoms with Gasteiger partial charge in [-0.1, -0.05) is 11.8 Å². The molecule has 2 heterocycles. The zero-order chi connectivity index (χ0) is 13.4. The fraction of sp³-hybridized carbons (Fsp3) is 0.0833. The van der Waals surface area contributed by atoms with E-state index >= 15 is 0 Å². The van der Waals surface area contributed by atoms with Crippen LogP contribution in [0.25, 0.3) is 5.78 Å². The lowest BCUT2D eigenvalue weighted by molar-refractivity contribution is 0.626. The van der Waals surface area contributed by atoms with Crippen molar-refractivity contribution < 1.29 is 4.39 Å². The lowest BCUT2D eigenvalue weighted by Crippen LogP contribution is -2.18. The van der Waals surface area contributed by atoms with E-state index in [0.717, 1.165) is 4.90 Å². The highest BCUT2D eigenvalue weighted by molar-refractivity contribution is 7.99. The van der Waals surface area contributed by atoms with Crippen molar-refractivity contribution in [2.75, 3.05) is 0 Å². The topological polar surface area (TPSA) is 63.1 Å². The average molecular weight is 276 g/mol. The quantitative estimate of drug-likeness (QED) is 0.777. The van der Waals surface area contributed by atoms with Crippen molar-refractivity contribution in [1.29, 1.82) is 0 Å². The third-order valence-corrected chi connectivity index (χ3v) is 3.78. The van der Waals surface area contributed by atoms with Gasteiger partial charge in [0.05, 0.1) is 5.69 Å². The van der Waals surface area contributed by atoms with Crippen LogP contribution in [0, 0.1) is 12.7 Å². The molecule has 1 aromatic carbocycles. The molecule has 3 aromatic rings. The van der Waals surface area contributed by atoms with Gasteiger partial charge in [-0.05, 0) is 31.2 Å². The van der Waals surface area contributed by atoms with E-state index in [1.807, 2.05) is 0 Å². The number of benzene rings is 1. The first-order chi connectivity index (χ1) is 9.15. The number of fused-ring (bicyclic) bond motifs is 1. The number of aromatic nitrogens is 4. The van der Waals surface area contributed by atoms with E-state index in [9.17, 15) is 9.18 Å². The first-order valence-electron chi connectivity index (χ1n) is 5.51. The minimum absolute atomic E-state index is 0.214.